The van der Waals surface area contributed by atoms with E-state index in [4.69, 9.17) is 24.9 Å². The lowest BCUT2D eigenvalue weighted by Gasteiger charge is -2.04. The third-order valence-electron chi connectivity index (χ3n) is 2.24. The van der Waals surface area contributed by atoms with E-state index in [2.05, 4.69) is 21.2 Å². The number of aliphatic carboxylic acids is 2. The maximum atomic E-state index is 11.3. The van der Waals surface area contributed by atoms with Crippen LogP contribution in [-0.4, -0.2) is 65.7 Å². The molecule has 10 nitrogen and oxygen atoms in total. The molecule has 1 aromatic rings. The Kier molecular flexibility index (Phi) is 12.0. The van der Waals surface area contributed by atoms with Gasteiger partial charge in [0.15, 0.2) is 0 Å². The van der Waals surface area contributed by atoms with Crippen molar-refractivity contribution in [3.63, 3.8) is 0 Å². The minimum absolute atomic E-state index is 0.0908. The second-order valence-corrected chi connectivity index (χ2v) is 4.12. The quantitative estimate of drug-likeness (QED) is 0.161. The summed E-state index contributed by atoms with van der Waals surface area (Å²) in [4.78, 5) is 29.5. The SMILES string of the molecule is O=C(NCCNCCO)N/N=C/c1ccccc1.O=C(O)C(=O)O. The highest BCUT2D eigenvalue weighted by Crippen LogP contribution is 1.92. The molecule has 0 saturated heterocycles. The van der Waals surface area contributed by atoms with Gasteiger partial charge in [-0.15, -0.1) is 0 Å². The van der Waals surface area contributed by atoms with Crippen molar-refractivity contribution in [3.8, 4) is 0 Å². The molecule has 0 aromatic heterocycles. The van der Waals surface area contributed by atoms with Gasteiger partial charge in [0.25, 0.3) is 0 Å². The number of aliphatic hydroxyl groups excluding tert-OH is 1. The molecule has 0 bridgehead atoms. The van der Waals surface area contributed by atoms with Gasteiger partial charge in [0.1, 0.15) is 0 Å². The van der Waals surface area contributed by atoms with Crippen LogP contribution in [0.3, 0.4) is 0 Å². The molecule has 1 rings (SSSR count). The molecule has 0 unspecified atom stereocenters. The monoisotopic (exact) mass is 340 g/mol. The normalized spacial score (nSPS) is 9.71. The summed E-state index contributed by atoms with van der Waals surface area (Å²) in [6.07, 6.45) is 1.57. The number of amides is 2. The Morgan fingerprint density at radius 2 is 1.62 bits per heavy atom. The molecule has 10 heteroatoms. The molecule has 0 fully saturated rings. The summed E-state index contributed by atoms with van der Waals surface area (Å²) in [7, 11) is 0. The number of carboxylic acid groups (broad SMARTS) is 2. The second kappa shape index (κ2) is 13.7. The number of urea groups is 1. The summed E-state index contributed by atoms with van der Waals surface area (Å²) < 4.78 is 0. The van der Waals surface area contributed by atoms with Crippen LogP contribution in [0.4, 0.5) is 4.79 Å². The molecule has 0 heterocycles. The van der Waals surface area contributed by atoms with Crippen molar-refractivity contribution in [1.82, 2.24) is 16.1 Å². The number of nitrogens with one attached hydrogen (secondary N) is 3. The van der Waals surface area contributed by atoms with Gasteiger partial charge in [0, 0.05) is 19.6 Å². The Balaban J connectivity index is 0.000000754. The summed E-state index contributed by atoms with van der Waals surface area (Å²) in [5, 5.41) is 32.7. The average Bonchev–Trinajstić information content (AvgIpc) is 2.56. The topological polar surface area (TPSA) is 160 Å². The number of carboxylic acids is 2. The van der Waals surface area contributed by atoms with Crippen molar-refractivity contribution in [2.45, 2.75) is 0 Å². The Bertz CT molecular complexity index is 523. The number of benzene rings is 1. The van der Waals surface area contributed by atoms with E-state index in [0.717, 1.165) is 5.56 Å². The van der Waals surface area contributed by atoms with Gasteiger partial charge in [-0.1, -0.05) is 30.3 Å². The lowest BCUT2D eigenvalue weighted by atomic mass is 10.2. The largest absolute Gasteiger partial charge is 0.473 e. The van der Waals surface area contributed by atoms with Crippen LogP contribution in [0.25, 0.3) is 0 Å². The van der Waals surface area contributed by atoms with E-state index in [9.17, 15) is 4.79 Å². The second-order valence-electron chi connectivity index (χ2n) is 4.12. The third kappa shape index (κ3) is 12.7. The molecule has 132 valence electrons. The molecule has 24 heavy (non-hydrogen) atoms. The molecule has 2 amide bonds. The Hall–Kier alpha value is -2.98. The Labute approximate surface area is 138 Å². The number of hydrazone groups is 1. The number of carbonyl (C=O) groups is 3. The van der Waals surface area contributed by atoms with E-state index < -0.39 is 11.9 Å². The van der Waals surface area contributed by atoms with Crippen LogP contribution in [0.1, 0.15) is 5.56 Å². The van der Waals surface area contributed by atoms with Crippen molar-refractivity contribution in [2.75, 3.05) is 26.2 Å². The zero-order valence-electron chi connectivity index (χ0n) is 12.8. The highest BCUT2D eigenvalue weighted by atomic mass is 16.4. The van der Waals surface area contributed by atoms with E-state index in [-0.39, 0.29) is 12.6 Å². The first-order valence-corrected chi connectivity index (χ1v) is 6.87. The summed E-state index contributed by atoms with van der Waals surface area (Å²) in [6.45, 7) is 1.70. The zero-order chi connectivity index (χ0) is 18.2. The number of aliphatic hydroxyl groups is 1. The van der Waals surface area contributed by atoms with Gasteiger partial charge in [0.05, 0.1) is 12.8 Å². The fourth-order valence-corrected chi connectivity index (χ4v) is 1.21. The summed E-state index contributed by atoms with van der Waals surface area (Å²) in [6, 6.07) is 9.14. The smallest absolute Gasteiger partial charge is 0.414 e. The van der Waals surface area contributed by atoms with Crippen molar-refractivity contribution in [3.05, 3.63) is 35.9 Å². The van der Waals surface area contributed by atoms with Gasteiger partial charge in [-0.3, -0.25) is 0 Å². The molecule has 0 aliphatic carbocycles. The fraction of sp³-hybridized carbons (Fsp3) is 0.286. The molecule has 0 aliphatic rings. The number of nitrogens with zero attached hydrogens (tertiary/aromatic N) is 1. The van der Waals surface area contributed by atoms with E-state index in [1.54, 1.807) is 6.21 Å². The lowest BCUT2D eigenvalue weighted by Crippen LogP contribution is -2.37. The summed E-state index contributed by atoms with van der Waals surface area (Å²) in [5.74, 6) is -3.65. The van der Waals surface area contributed by atoms with E-state index >= 15 is 0 Å². The van der Waals surface area contributed by atoms with Gasteiger partial charge in [-0.25, -0.2) is 19.8 Å². The zero-order valence-corrected chi connectivity index (χ0v) is 12.8. The van der Waals surface area contributed by atoms with Gasteiger partial charge < -0.3 is 26.0 Å². The van der Waals surface area contributed by atoms with Crippen LogP contribution < -0.4 is 16.1 Å². The third-order valence-corrected chi connectivity index (χ3v) is 2.24. The first-order valence-electron chi connectivity index (χ1n) is 6.87. The molecule has 0 spiro atoms. The molecule has 0 aliphatic heterocycles. The van der Waals surface area contributed by atoms with Crippen molar-refractivity contribution >= 4 is 24.2 Å². The van der Waals surface area contributed by atoms with Crippen molar-refractivity contribution in [2.24, 2.45) is 5.10 Å². The summed E-state index contributed by atoms with van der Waals surface area (Å²) >= 11 is 0. The number of carbonyl (C=O) groups excluding carboxylic acids is 1. The van der Waals surface area contributed by atoms with Crippen molar-refractivity contribution in [1.29, 1.82) is 0 Å². The number of rotatable bonds is 7. The molecular weight excluding hydrogens is 320 g/mol. The van der Waals surface area contributed by atoms with Crippen LogP contribution in [-0.2, 0) is 9.59 Å². The van der Waals surface area contributed by atoms with Gasteiger partial charge >= 0.3 is 18.0 Å². The standard InChI is InChI=1S/C12H18N4O2.C2H2O4/c17-9-8-13-6-7-14-12(18)16-15-10-11-4-2-1-3-5-11;3-1(4)2(5)6/h1-5,10,13,17H,6-9H2,(H2,14,16,18);(H,3,4)(H,5,6)/b15-10+;. The number of hydrogen-bond acceptors (Lipinski definition) is 6. The van der Waals surface area contributed by atoms with Crippen LogP contribution >= 0.6 is 0 Å². The Morgan fingerprint density at radius 1 is 1.00 bits per heavy atom. The molecule has 0 radical (unpaired) electrons. The van der Waals surface area contributed by atoms with Crippen LogP contribution in [0.2, 0.25) is 0 Å². The minimum atomic E-state index is -1.82. The number of hydrogen-bond donors (Lipinski definition) is 6. The first kappa shape index (κ1) is 21.0. The molecule has 1 aromatic carbocycles. The highest BCUT2D eigenvalue weighted by molar-refractivity contribution is 6.27. The maximum absolute atomic E-state index is 11.3. The van der Waals surface area contributed by atoms with Crippen molar-refractivity contribution < 1.29 is 29.7 Å². The fourth-order valence-electron chi connectivity index (χ4n) is 1.21. The molecule has 0 atom stereocenters. The lowest BCUT2D eigenvalue weighted by molar-refractivity contribution is -0.159. The molecule has 6 N–H and O–H groups in total. The van der Waals surface area contributed by atoms with Gasteiger partial charge in [-0.2, -0.15) is 5.10 Å². The predicted molar refractivity (Wildman–Crippen MR) is 85.8 cm³/mol. The van der Waals surface area contributed by atoms with E-state index in [1.807, 2.05) is 30.3 Å². The van der Waals surface area contributed by atoms with Crippen LogP contribution in [0.5, 0.6) is 0 Å². The highest BCUT2D eigenvalue weighted by Gasteiger charge is 2.04. The predicted octanol–water partition coefficient (Wildman–Crippen LogP) is -0.943. The molecular formula is C14H20N4O6. The minimum Gasteiger partial charge on any atom is -0.473 e. The van der Waals surface area contributed by atoms with Crippen LogP contribution in [0.15, 0.2) is 35.4 Å². The van der Waals surface area contributed by atoms with Crippen LogP contribution in [0, 0.1) is 0 Å². The van der Waals surface area contributed by atoms with Gasteiger partial charge in [0.2, 0.25) is 0 Å². The maximum Gasteiger partial charge on any atom is 0.414 e. The summed E-state index contributed by atoms with van der Waals surface area (Å²) in [5.41, 5.74) is 3.28. The average molecular weight is 340 g/mol. The Morgan fingerprint density at radius 3 is 2.17 bits per heavy atom. The van der Waals surface area contributed by atoms with Gasteiger partial charge in [-0.05, 0) is 5.56 Å². The van der Waals surface area contributed by atoms with E-state index in [1.165, 1.54) is 0 Å². The van der Waals surface area contributed by atoms with E-state index in [0.29, 0.717) is 19.6 Å². The molecule has 0 saturated carbocycles. The first-order chi connectivity index (χ1) is 11.5.